The number of fused-ring (bicyclic) bond motifs is 1. The van der Waals surface area contributed by atoms with Gasteiger partial charge in [-0.3, -0.25) is 9.48 Å². The van der Waals surface area contributed by atoms with Gasteiger partial charge in [-0.2, -0.15) is 18.3 Å². The lowest BCUT2D eigenvalue weighted by atomic mass is 10.0. The van der Waals surface area contributed by atoms with Gasteiger partial charge in [0.15, 0.2) is 5.65 Å². The minimum Gasteiger partial charge on any atom is -0.345 e. The molecule has 0 spiro atoms. The second-order valence-corrected chi connectivity index (χ2v) is 7.59. The first-order valence-corrected chi connectivity index (χ1v) is 9.47. The number of rotatable bonds is 4. The van der Waals surface area contributed by atoms with Crippen molar-refractivity contribution in [3.63, 3.8) is 0 Å². The van der Waals surface area contributed by atoms with E-state index in [2.05, 4.69) is 15.4 Å². The average Bonchev–Trinajstić information content (AvgIpc) is 3.47. The van der Waals surface area contributed by atoms with Crippen LogP contribution in [0, 0.1) is 6.92 Å². The molecule has 1 aliphatic rings. The van der Waals surface area contributed by atoms with E-state index in [9.17, 15) is 18.0 Å². The number of nitrogens with one attached hydrogen (secondary N) is 1. The molecule has 3 aromatic rings. The Morgan fingerprint density at radius 1 is 1.28 bits per heavy atom. The largest absolute Gasteiger partial charge is 0.416 e. The Balaban J connectivity index is 1.67. The van der Waals surface area contributed by atoms with Crippen LogP contribution in [-0.2, 0) is 13.2 Å². The van der Waals surface area contributed by atoms with Crippen molar-refractivity contribution in [2.24, 2.45) is 7.05 Å². The molecule has 0 radical (unpaired) electrons. The number of halogens is 3. The lowest BCUT2D eigenvalue weighted by molar-refractivity contribution is -0.137. The van der Waals surface area contributed by atoms with Crippen LogP contribution in [0.15, 0.2) is 30.3 Å². The van der Waals surface area contributed by atoms with Crippen LogP contribution in [0.3, 0.4) is 0 Å². The summed E-state index contributed by atoms with van der Waals surface area (Å²) in [6, 6.07) is 6.22. The van der Waals surface area contributed by atoms with Crippen molar-refractivity contribution in [1.82, 2.24) is 20.1 Å². The number of hydrogen-bond donors (Lipinski definition) is 1. The van der Waals surface area contributed by atoms with Crippen LogP contribution in [0.5, 0.6) is 0 Å². The summed E-state index contributed by atoms with van der Waals surface area (Å²) in [4.78, 5) is 17.8. The Morgan fingerprint density at radius 2 is 2.00 bits per heavy atom. The topological polar surface area (TPSA) is 59.8 Å². The fourth-order valence-electron chi connectivity index (χ4n) is 3.57. The molecule has 1 amide bonds. The summed E-state index contributed by atoms with van der Waals surface area (Å²) < 4.78 is 40.7. The maximum atomic E-state index is 13.1. The zero-order chi connectivity index (χ0) is 20.9. The van der Waals surface area contributed by atoms with Gasteiger partial charge in [0.2, 0.25) is 0 Å². The molecule has 1 unspecified atom stereocenters. The smallest absolute Gasteiger partial charge is 0.345 e. The SMILES string of the molecule is Cc1nn(C)c2nc(C3CC3)cc(C(=O)NC(C)c3cccc(C(F)(F)F)c3)c12. The highest BCUT2D eigenvalue weighted by molar-refractivity contribution is 6.06. The molecule has 8 heteroatoms. The summed E-state index contributed by atoms with van der Waals surface area (Å²) in [5.74, 6) is 0.00218. The van der Waals surface area contributed by atoms with E-state index in [0.29, 0.717) is 33.8 Å². The molecule has 1 saturated carbocycles. The predicted molar refractivity (Wildman–Crippen MR) is 103 cm³/mol. The van der Waals surface area contributed by atoms with E-state index in [4.69, 9.17) is 0 Å². The number of alkyl halides is 3. The van der Waals surface area contributed by atoms with Gasteiger partial charge in [0, 0.05) is 18.7 Å². The van der Waals surface area contributed by atoms with E-state index in [1.807, 2.05) is 6.92 Å². The quantitative estimate of drug-likeness (QED) is 0.690. The van der Waals surface area contributed by atoms with Crippen LogP contribution < -0.4 is 5.32 Å². The average molecular weight is 402 g/mol. The summed E-state index contributed by atoms with van der Waals surface area (Å²) in [6.45, 7) is 3.48. The maximum absolute atomic E-state index is 13.1. The number of aromatic nitrogens is 3. The minimum atomic E-state index is -4.43. The Kier molecular flexibility index (Phi) is 4.59. The van der Waals surface area contributed by atoms with Gasteiger partial charge in [-0.1, -0.05) is 12.1 Å². The molecule has 1 N–H and O–H groups in total. The molecule has 1 aromatic carbocycles. The Labute approximate surface area is 165 Å². The fourth-order valence-corrected chi connectivity index (χ4v) is 3.57. The van der Waals surface area contributed by atoms with Crippen molar-refractivity contribution < 1.29 is 18.0 Å². The number of benzene rings is 1. The van der Waals surface area contributed by atoms with Gasteiger partial charge in [0.05, 0.1) is 28.2 Å². The normalized spacial score (nSPS) is 15.5. The molecule has 0 saturated heterocycles. The van der Waals surface area contributed by atoms with E-state index in [1.165, 1.54) is 6.07 Å². The van der Waals surface area contributed by atoms with E-state index in [-0.39, 0.29) is 5.91 Å². The van der Waals surface area contributed by atoms with Gasteiger partial charge in [-0.15, -0.1) is 0 Å². The number of nitrogens with zero attached hydrogens (tertiary/aromatic N) is 3. The van der Waals surface area contributed by atoms with E-state index in [0.717, 1.165) is 30.7 Å². The first-order chi connectivity index (χ1) is 13.6. The molecule has 1 aliphatic carbocycles. The highest BCUT2D eigenvalue weighted by atomic mass is 19.4. The molecule has 4 rings (SSSR count). The number of hydrogen-bond acceptors (Lipinski definition) is 3. The van der Waals surface area contributed by atoms with Gasteiger partial charge in [0.1, 0.15) is 0 Å². The molecule has 0 bridgehead atoms. The first kappa shape index (κ1) is 19.4. The number of amides is 1. The summed E-state index contributed by atoms with van der Waals surface area (Å²) in [5, 5.41) is 7.89. The van der Waals surface area contributed by atoms with Crippen molar-refractivity contribution in [1.29, 1.82) is 0 Å². The summed E-state index contributed by atoms with van der Waals surface area (Å²) in [7, 11) is 1.78. The van der Waals surface area contributed by atoms with E-state index in [1.54, 1.807) is 30.8 Å². The number of carbonyl (C=O) groups is 1. The van der Waals surface area contributed by atoms with Gasteiger partial charge in [0.25, 0.3) is 5.91 Å². The minimum absolute atomic E-state index is 0.347. The highest BCUT2D eigenvalue weighted by Crippen LogP contribution is 2.40. The number of carbonyl (C=O) groups excluding carboxylic acids is 1. The van der Waals surface area contributed by atoms with Crippen molar-refractivity contribution in [3.8, 4) is 0 Å². The molecule has 29 heavy (non-hydrogen) atoms. The molecule has 2 heterocycles. The predicted octanol–water partition coefficient (Wildman–Crippen LogP) is 4.66. The van der Waals surface area contributed by atoms with Crippen LogP contribution in [0.25, 0.3) is 11.0 Å². The van der Waals surface area contributed by atoms with E-state index < -0.39 is 17.8 Å². The Bertz CT molecular complexity index is 1100. The second-order valence-electron chi connectivity index (χ2n) is 7.59. The van der Waals surface area contributed by atoms with Crippen molar-refractivity contribution >= 4 is 16.9 Å². The highest BCUT2D eigenvalue weighted by Gasteiger charge is 2.31. The van der Waals surface area contributed by atoms with Crippen molar-refractivity contribution in [2.75, 3.05) is 0 Å². The molecule has 5 nitrogen and oxygen atoms in total. The molecule has 1 atom stereocenters. The van der Waals surface area contributed by atoms with Gasteiger partial charge in [-0.05, 0) is 50.5 Å². The number of aryl methyl sites for hydroxylation is 2. The van der Waals surface area contributed by atoms with Crippen LogP contribution in [0.2, 0.25) is 0 Å². The van der Waals surface area contributed by atoms with Crippen molar-refractivity contribution in [3.05, 3.63) is 58.4 Å². The molecular weight excluding hydrogens is 381 g/mol. The zero-order valence-corrected chi connectivity index (χ0v) is 16.3. The summed E-state index contributed by atoms with van der Waals surface area (Å²) >= 11 is 0. The fraction of sp³-hybridized carbons (Fsp3) is 0.381. The van der Waals surface area contributed by atoms with Crippen molar-refractivity contribution in [2.45, 2.75) is 44.8 Å². The van der Waals surface area contributed by atoms with Crippen LogP contribution in [0.1, 0.15) is 64.6 Å². The van der Waals surface area contributed by atoms with Crippen LogP contribution in [0.4, 0.5) is 13.2 Å². The first-order valence-electron chi connectivity index (χ1n) is 9.47. The second kappa shape index (κ2) is 6.86. The lowest BCUT2D eigenvalue weighted by Crippen LogP contribution is -2.27. The summed E-state index contributed by atoms with van der Waals surface area (Å²) in [6.07, 6.45) is -2.35. The third kappa shape index (κ3) is 3.71. The maximum Gasteiger partial charge on any atom is 0.416 e. The number of pyridine rings is 1. The standard InChI is InChI=1S/C21H21F3N4O/c1-11(14-5-4-6-15(9-14)21(22,23)24)25-20(29)16-10-17(13-7-8-13)26-19-18(16)12(2)27-28(19)3/h4-6,9-11,13H,7-8H2,1-3H3,(H,25,29). The zero-order valence-electron chi connectivity index (χ0n) is 16.3. The lowest BCUT2D eigenvalue weighted by Gasteiger charge is -2.17. The van der Waals surface area contributed by atoms with Gasteiger partial charge in [-0.25, -0.2) is 4.98 Å². The Hall–Kier alpha value is -2.90. The van der Waals surface area contributed by atoms with Crippen LogP contribution in [-0.4, -0.2) is 20.7 Å². The van der Waals surface area contributed by atoms with Crippen LogP contribution >= 0.6 is 0 Å². The molecule has 0 aliphatic heterocycles. The molecule has 1 fully saturated rings. The summed E-state index contributed by atoms with van der Waals surface area (Å²) in [5.41, 5.74) is 2.31. The third-order valence-electron chi connectivity index (χ3n) is 5.29. The molecule has 2 aromatic heterocycles. The molecule has 152 valence electrons. The van der Waals surface area contributed by atoms with Gasteiger partial charge >= 0.3 is 6.18 Å². The molecular formula is C21H21F3N4O. The van der Waals surface area contributed by atoms with E-state index >= 15 is 0 Å². The van der Waals surface area contributed by atoms with Gasteiger partial charge < -0.3 is 5.32 Å². The Morgan fingerprint density at radius 3 is 2.66 bits per heavy atom. The third-order valence-corrected chi connectivity index (χ3v) is 5.29. The monoisotopic (exact) mass is 402 g/mol.